The van der Waals surface area contributed by atoms with Gasteiger partial charge in [-0.05, 0) is 18.6 Å². The van der Waals surface area contributed by atoms with Crippen molar-refractivity contribution in [1.82, 2.24) is 0 Å². The van der Waals surface area contributed by atoms with Crippen molar-refractivity contribution in [2.45, 2.75) is 25.8 Å². The first-order valence-electron chi connectivity index (χ1n) is 5.16. The molecular formula is C11H13Cl3N2O. The Bertz CT molecular complexity index is 400. The summed E-state index contributed by atoms with van der Waals surface area (Å²) >= 11 is 17.6. The van der Waals surface area contributed by atoms with Gasteiger partial charge < -0.3 is 11.1 Å². The lowest BCUT2D eigenvalue weighted by Crippen LogP contribution is -2.35. The van der Waals surface area contributed by atoms with Gasteiger partial charge in [0.05, 0.1) is 21.8 Å². The number of benzene rings is 1. The average Bonchev–Trinajstić information content (AvgIpc) is 2.23. The molecule has 0 aliphatic heterocycles. The highest BCUT2D eigenvalue weighted by Crippen LogP contribution is 2.33. The normalized spacial score (nSPS) is 12.3. The maximum Gasteiger partial charge on any atom is 0.241 e. The van der Waals surface area contributed by atoms with Crippen molar-refractivity contribution in [2.24, 2.45) is 5.73 Å². The predicted molar refractivity (Wildman–Crippen MR) is 73.0 cm³/mol. The quantitative estimate of drug-likeness (QED) is 0.889. The number of nitrogens with one attached hydrogen (secondary N) is 1. The predicted octanol–water partition coefficient (Wildman–Crippen LogP) is 3.71. The topological polar surface area (TPSA) is 55.1 Å². The van der Waals surface area contributed by atoms with Crippen molar-refractivity contribution in [3.63, 3.8) is 0 Å². The number of amides is 1. The lowest BCUT2D eigenvalue weighted by atomic mass is 10.1. The smallest absolute Gasteiger partial charge is 0.241 e. The Morgan fingerprint density at radius 1 is 1.35 bits per heavy atom. The van der Waals surface area contributed by atoms with Gasteiger partial charge in [-0.2, -0.15) is 0 Å². The van der Waals surface area contributed by atoms with Gasteiger partial charge in [-0.25, -0.2) is 0 Å². The van der Waals surface area contributed by atoms with E-state index in [0.717, 1.165) is 6.42 Å². The van der Waals surface area contributed by atoms with Crippen LogP contribution in [0.1, 0.15) is 19.8 Å². The molecule has 0 aromatic heterocycles. The summed E-state index contributed by atoms with van der Waals surface area (Å²) in [4.78, 5) is 11.7. The molecule has 1 atom stereocenters. The summed E-state index contributed by atoms with van der Waals surface area (Å²) in [6, 6.07) is 2.45. The highest BCUT2D eigenvalue weighted by molar-refractivity contribution is 6.42. The lowest BCUT2D eigenvalue weighted by Gasteiger charge is -2.13. The fraction of sp³-hybridized carbons (Fsp3) is 0.364. The maximum atomic E-state index is 11.7. The van der Waals surface area contributed by atoms with Crippen molar-refractivity contribution in [1.29, 1.82) is 0 Å². The zero-order valence-electron chi connectivity index (χ0n) is 9.27. The van der Waals surface area contributed by atoms with Crippen LogP contribution in [0.15, 0.2) is 12.1 Å². The van der Waals surface area contributed by atoms with E-state index in [1.54, 1.807) is 0 Å². The van der Waals surface area contributed by atoms with Gasteiger partial charge in [0.2, 0.25) is 5.91 Å². The third kappa shape index (κ3) is 4.03. The van der Waals surface area contributed by atoms with Crippen LogP contribution in [-0.4, -0.2) is 11.9 Å². The molecule has 0 aliphatic carbocycles. The van der Waals surface area contributed by atoms with E-state index in [4.69, 9.17) is 40.5 Å². The maximum absolute atomic E-state index is 11.7. The van der Waals surface area contributed by atoms with Gasteiger partial charge in [-0.15, -0.1) is 0 Å². The van der Waals surface area contributed by atoms with Crippen LogP contribution in [0.3, 0.4) is 0 Å². The molecule has 0 saturated carbocycles. The minimum absolute atomic E-state index is 0.291. The number of hydrogen-bond donors (Lipinski definition) is 2. The summed E-state index contributed by atoms with van der Waals surface area (Å²) in [5.41, 5.74) is 6.02. The number of halogens is 3. The molecule has 0 unspecified atom stereocenters. The Kier molecular flexibility index (Phi) is 5.53. The summed E-state index contributed by atoms with van der Waals surface area (Å²) < 4.78 is 0. The van der Waals surface area contributed by atoms with E-state index < -0.39 is 6.04 Å². The number of carbonyl (C=O) groups is 1. The van der Waals surface area contributed by atoms with E-state index in [1.165, 1.54) is 12.1 Å². The van der Waals surface area contributed by atoms with Crippen molar-refractivity contribution in [2.75, 3.05) is 5.32 Å². The van der Waals surface area contributed by atoms with Crippen LogP contribution in [0.4, 0.5) is 5.69 Å². The third-order valence-electron chi connectivity index (χ3n) is 2.19. The number of nitrogens with two attached hydrogens (primary N) is 1. The third-order valence-corrected chi connectivity index (χ3v) is 3.01. The van der Waals surface area contributed by atoms with E-state index in [2.05, 4.69) is 5.32 Å². The average molecular weight is 296 g/mol. The summed E-state index contributed by atoms with van der Waals surface area (Å²) in [5.74, 6) is -0.307. The molecule has 1 aromatic rings. The molecule has 3 N–H and O–H groups in total. The number of rotatable bonds is 4. The zero-order chi connectivity index (χ0) is 13.0. The van der Waals surface area contributed by atoms with Gasteiger partial charge in [0.1, 0.15) is 0 Å². The molecule has 0 bridgehead atoms. The van der Waals surface area contributed by atoms with Crippen LogP contribution in [0.2, 0.25) is 15.1 Å². The highest BCUT2D eigenvalue weighted by Gasteiger charge is 2.16. The summed E-state index contributed by atoms with van der Waals surface area (Å²) in [6.07, 6.45) is 1.44. The van der Waals surface area contributed by atoms with E-state index >= 15 is 0 Å². The Balaban J connectivity index is 2.85. The molecule has 0 heterocycles. The lowest BCUT2D eigenvalue weighted by molar-refractivity contribution is -0.117. The number of carbonyl (C=O) groups excluding carboxylic acids is 1. The molecule has 0 fully saturated rings. The molecular weight excluding hydrogens is 282 g/mol. The van der Waals surface area contributed by atoms with Crippen LogP contribution in [0, 0.1) is 0 Å². The Hall–Kier alpha value is -0.480. The van der Waals surface area contributed by atoms with Crippen LogP contribution < -0.4 is 11.1 Å². The first-order chi connectivity index (χ1) is 7.95. The van der Waals surface area contributed by atoms with Crippen LogP contribution in [-0.2, 0) is 4.79 Å². The fourth-order valence-electron chi connectivity index (χ4n) is 1.32. The molecule has 3 nitrogen and oxygen atoms in total. The van der Waals surface area contributed by atoms with Gasteiger partial charge >= 0.3 is 0 Å². The molecule has 17 heavy (non-hydrogen) atoms. The van der Waals surface area contributed by atoms with E-state index in [1.807, 2.05) is 6.92 Å². The molecule has 94 valence electrons. The minimum atomic E-state index is -0.567. The molecule has 1 amide bonds. The standard InChI is InChI=1S/C11H13Cl3N2O/c1-2-3-9(15)11(17)16-10-7(13)4-6(12)5-8(10)14/h4-5,9H,2-3,15H2,1H3,(H,16,17)/t9-/m0/s1. The van der Waals surface area contributed by atoms with Gasteiger partial charge in [0, 0.05) is 5.02 Å². The van der Waals surface area contributed by atoms with Crippen molar-refractivity contribution in [3.8, 4) is 0 Å². The Labute approximate surface area is 115 Å². The summed E-state index contributed by atoms with van der Waals surface area (Å²) in [6.45, 7) is 1.95. The van der Waals surface area contributed by atoms with Crippen LogP contribution in [0.5, 0.6) is 0 Å². The van der Waals surface area contributed by atoms with Crippen molar-refractivity contribution >= 4 is 46.4 Å². The van der Waals surface area contributed by atoms with Crippen molar-refractivity contribution < 1.29 is 4.79 Å². The first kappa shape index (κ1) is 14.6. The van der Waals surface area contributed by atoms with Crippen LogP contribution in [0.25, 0.3) is 0 Å². The molecule has 0 radical (unpaired) electrons. The number of hydrogen-bond acceptors (Lipinski definition) is 2. The highest BCUT2D eigenvalue weighted by atomic mass is 35.5. The molecule has 6 heteroatoms. The van der Waals surface area contributed by atoms with Gasteiger partial charge in [-0.1, -0.05) is 48.1 Å². The zero-order valence-corrected chi connectivity index (χ0v) is 11.5. The summed E-state index contributed by atoms with van der Waals surface area (Å²) in [7, 11) is 0. The second-order valence-corrected chi connectivity index (χ2v) is 4.88. The first-order valence-corrected chi connectivity index (χ1v) is 6.30. The molecule has 0 saturated heterocycles. The Morgan fingerprint density at radius 2 is 1.88 bits per heavy atom. The second-order valence-electron chi connectivity index (χ2n) is 3.63. The Morgan fingerprint density at radius 3 is 2.35 bits per heavy atom. The van der Waals surface area contributed by atoms with E-state index in [-0.39, 0.29) is 5.91 Å². The van der Waals surface area contributed by atoms with Crippen LogP contribution >= 0.6 is 34.8 Å². The van der Waals surface area contributed by atoms with E-state index in [0.29, 0.717) is 27.2 Å². The second kappa shape index (κ2) is 6.45. The van der Waals surface area contributed by atoms with Gasteiger partial charge in [-0.3, -0.25) is 4.79 Å². The monoisotopic (exact) mass is 294 g/mol. The molecule has 1 rings (SSSR count). The SMILES string of the molecule is CCC[C@H](N)C(=O)Nc1c(Cl)cc(Cl)cc1Cl. The minimum Gasteiger partial charge on any atom is -0.322 e. The number of anilines is 1. The molecule has 1 aromatic carbocycles. The molecule has 0 spiro atoms. The largest absolute Gasteiger partial charge is 0.322 e. The van der Waals surface area contributed by atoms with E-state index in [9.17, 15) is 4.79 Å². The van der Waals surface area contributed by atoms with Gasteiger partial charge in [0.15, 0.2) is 0 Å². The van der Waals surface area contributed by atoms with Gasteiger partial charge in [0.25, 0.3) is 0 Å². The van der Waals surface area contributed by atoms with Crippen molar-refractivity contribution in [3.05, 3.63) is 27.2 Å². The fourth-order valence-corrected chi connectivity index (χ4v) is 2.23. The molecule has 0 aliphatic rings. The summed E-state index contributed by atoms with van der Waals surface area (Å²) in [5, 5.41) is 3.60.